The van der Waals surface area contributed by atoms with Gasteiger partial charge in [0.2, 0.25) is 0 Å². The molecular weight excluding hydrogens is 310 g/mol. The molecule has 1 aromatic carbocycles. The maximum Gasteiger partial charge on any atom is 0.129 e. The molecule has 0 saturated carbocycles. The van der Waals surface area contributed by atoms with Crippen molar-refractivity contribution in [2.75, 3.05) is 12.8 Å². The van der Waals surface area contributed by atoms with Crippen LogP contribution in [0.15, 0.2) is 22.7 Å². The quantitative estimate of drug-likeness (QED) is 0.786. The second-order valence-electron chi connectivity index (χ2n) is 4.48. The van der Waals surface area contributed by atoms with Gasteiger partial charge in [0, 0.05) is 17.8 Å². The van der Waals surface area contributed by atoms with Crippen LogP contribution in [0.1, 0.15) is 32.3 Å². The highest BCUT2D eigenvalue weighted by Gasteiger charge is 2.23. The first-order valence-corrected chi connectivity index (χ1v) is 8.32. The van der Waals surface area contributed by atoms with Gasteiger partial charge in [0.15, 0.2) is 0 Å². The fraction of sp³-hybridized carbons (Fsp3) is 0.571. The van der Waals surface area contributed by atoms with E-state index < -0.39 is 0 Å². The van der Waals surface area contributed by atoms with Crippen LogP contribution in [-0.4, -0.2) is 22.7 Å². The molecule has 0 radical (unpaired) electrons. The SMILES string of the molecule is CCC(CC)(CNCc1ccc(O)c(Br)c1)SC. The molecule has 0 bridgehead atoms. The maximum absolute atomic E-state index is 9.44. The first-order valence-electron chi connectivity index (χ1n) is 6.30. The summed E-state index contributed by atoms with van der Waals surface area (Å²) >= 11 is 5.28. The molecule has 18 heavy (non-hydrogen) atoms. The van der Waals surface area contributed by atoms with Crippen molar-refractivity contribution in [3.63, 3.8) is 0 Å². The number of phenols is 1. The van der Waals surface area contributed by atoms with Crippen molar-refractivity contribution in [3.05, 3.63) is 28.2 Å². The van der Waals surface area contributed by atoms with Crippen molar-refractivity contribution in [1.29, 1.82) is 0 Å². The molecule has 102 valence electrons. The van der Waals surface area contributed by atoms with Crippen LogP contribution in [0.5, 0.6) is 5.75 Å². The summed E-state index contributed by atoms with van der Waals surface area (Å²) in [5.41, 5.74) is 1.18. The van der Waals surface area contributed by atoms with Gasteiger partial charge in [-0.15, -0.1) is 0 Å². The lowest BCUT2D eigenvalue weighted by Crippen LogP contribution is -2.36. The molecule has 2 nitrogen and oxygen atoms in total. The number of aromatic hydroxyl groups is 1. The number of nitrogens with one attached hydrogen (secondary N) is 1. The lowest BCUT2D eigenvalue weighted by Gasteiger charge is -2.30. The Labute approximate surface area is 123 Å². The number of hydrogen-bond donors (Lipinski definition) is 2. The van der Waals surface area contributed by atoms with E-state index in [2.05, 4.69) is 41.3 Å². The van der Waals surface area contributed by atoms with E-state index in [1.54, 1.807) is 6.07 Å². The Hall–Kier alpha value is -0.190. The van der Waals surface area contributed by atoms with Gasteiger partial charge in [-0.3, -0.25) is 0 Å². The summed E-state index contributed by atoms with van der Waals surface area (Å²) < 4.78 is 1.10. The molecule has 0 aliphatic heterocycles. The standard InChI is InChI=1S/C14H22BrNOS/c1-4-14(5-2,18-3)10-16-9-11-6-7-13(17)12(15)8-11/h6-8,16-17H,4-5,9-10H2,1-3H3. The maximum atomic E-state index is 9.44. The Morgan fingerprint density at radius 2 is 2.00 bits per heavy atom. The minimum Gasteiger partial charge on any atom is -0.507 e. The largest absolute Gasteiger partial charge is 0.507 e. The Balaban J connectivity index is 2.52. The van der Waals surface area contributed by atoms with E-state index in [-0.39, 0.29) is 0 Å². The van der Waals surface area contributed by atoms with E-state index in [4.69, 9.17) is 0 Å². The van der Waals surface area contributed by atoms with Gasteiger partial charge in [0.25, 0.3) is 0 Å². The average molecular weight is 332 g/mol. The van der Waals surface area contributed by atoms with E-state index in [1.165, 1.54) is 18.4 Å². The molecule has 0 saturated heterocycles. The first kappa shape index (κ1) is 15.9. The van der Waals surface area contributed by atoms with Gasteiger partial charge in [-0.25, -0.2) is 0 Å². The van der Waals surface area contributed by atoms with Crippen LogP contribution >= 0.6 is 27.7 Å². The van der Waals surface area contributed by atoms with Gasteiger partial charge in [-0.2, -0.15) is 11.8 Å². The van der Waals surface area contributed by atoms with Crippen LogP contribution in [-0.2, 0) is 6.54 Å². The summed E-state index contributed by atoms with van der Waals surface area (Å²) in [6.45, 7) is 6.35. The minimum atomic E-state index is 0.291. The van der Waals surface area contributed by atoms with E-state index in [9.17, 15) is 5.11 Å². The Bertz CT molecular complexity index is 372. The number of rotatable bonds is 7. The second kappa shape index (κ2) is 7.41. The monoisotopic (exact) mass is 331 g/mol. The van der Waals surface area contributed by atoms with E-state index >= 15 is 0 Å². The Morgan fingerprint density at radius 1 is 1.33 bits per heavy atom. The van der Waals surface area contributed by atoms with E-state index in [0.29, 0.717) is 10.5 Å². The number of benzene rings is 1. The summed E-state index contributed by atoms with van der Waals surface area (Å²) in [6.07, 6.45) is 4.54. The van der Waals surface area contributed by atoms with Crippen LogP contribution in [0.2, 0.25) is 0 Å². The molecule has 4 heteroatoms. The smallest absolute Gasteiger partial charge is 0.129 e. The summed E-state index contributed by atoms with van der Waals surface area (Å²) in [4.78, 5) is 0. The van der Waals surface area contributed by atoms with Crippen molar-refractivity contribution in [1.82, 2.24) is 5.32 Å². The molecule has 0 unspecified atom stereocenters. The third-order valence-corrected chi connectivity index (χ3v) is 5.73. The second-order valence-corrected chi connectivity index (χ2v) is 6.61. The molecule has 0 amide bonds. The van der Waals surface area contributed by atoms with Crippen LogP contribution in [0.4, 0.5) is 0 Å². The Morgan fingerprint density at radius 3 is 2.50 bits per heavy atom. The molecule has 0 atom stereocenters. The molecule has 0 fully saturated rings. The lowest BCUT2D eigenvalue weighted by atomic mass is 10.0. The summed E-state index contributed by atoms with van der Waals surface area (Å²) in [5, 5.41) is 13.0. The molecular formula is C14H22BrNOS. The van der Waals surface area contributed by atoms with Crippen molar-refractivity contribution >= 4 is 27.7 Å². The van der Waals surface area contributed by atoms with Crippen molar-refractivity contribution in [2.24, 2.45) is 0 Å². The fourth-order valence-electron chi connectivity index (χ4n) is 1.96. The van der Waals surface area contributed by atoms with Gasteiger partial charge < -0.3 is 10.4 Å². The summed E-state index contributed by atoms with van der Waals surface area (Å²) in [7, 11) is 0. The third-order valence-electron chi connectivity index (χ3n) is 3.51. The van der Waals surface area contributed by atoms with E-state index in [0.717, 1.165) is 17.6 Å². The average Bonchev–Trinajstić information content (AvgIpc) is 2.39. The van der Waals surface area contributed by atoms with Crippen LogP contribution in [0.25, 0.3) is 0 Å². The summed E-state index contributed by atoms with van der Waals surface area (Å²) in [6, 6.07) is 5.63. The zero-order chi connectivity index (χ0) is 13.6. The zero-order valence-electron chi connectivity index (χ0n) is 11.3. The van der Waals surface area contributed by atoms with Crippen LogP contribution in [0, 0.1) is 0 Å². The van der Waals surface area contributed by atoms with Crippen molar-refractivity contribution < 1.29 is 5.11 Å². The number of thioether (sulfide) groups is 1. The predicted octanol–water partition coefficient (Wildman–Crippen LogP) is 4.17. The highest BCUT2D eigenvalue weighted by Crippen LogP contribution is 2.29. The van der Waals surface area contributed by atoms with Gasteiger partial charge in [0.05, 0.1) is 4.47 Å². The molecule has 0 heterocycles. The van der Waals surface area contributed by atoms with Gasteiger partial charge >= 0.3 is 0 Å². The van der Waals surface area contributed by atoms with Gasteiger partial charge in [0.1, 0.15) is 5.75 Å². The van der Waals surface area contributed by atoms with Crippen LogP contribution in [0.3, 0.4) is 0 Å². The van der Waals surface area contributed by atoms with E-state index in [1.807, 2.05) is 23.9 Å². The first-order chi connectivity index (χ1) is 8.56. The molecule has 0 aliphatic rings. The highest BCUT2D eigenvalue weighted by atomic mass is 79.9. The number of halogens is 1. The van der Waals surface area contributed by atoms with Crippen molar-refractivity contribution in [2.45, 2.75) is 38.0 Å². The van der Waals surface area contributed by atoms with Crippen molar-refractivity contribution in [3.8, 4) is 5.75 Å². The lowest BCUT2D eigenvalue weighted by molar-refractivity contribution is 0.470. The Kier molecular flexibility index (Phi) is 6.53. The normalized spacial score (nSPS) is 11.8. The molecule has 1 aromatic rings. The van der Waals surface area contributed by atoms with Crippen LogP contribution < -0.4 is 5.32 Å². The molecule has 2 N–H and O–H groups in total. The third kappa shape index (κ3) is 4.18. The highest BCUT2D eigenvalue weighted by molar-refractivity contribution is 9.10. The molecule has 0 aliphatic carbocycles. The van der Waals surface area contributed by atoms with Gasteiger partial charge in [-0.1, -0.05) is 19.9 Å². The number of phenolic OH excluding ortho intramolecular Hbond substituents is 1. The number of hydrogen-bond acceptors (Lipinski definition) is 3. The summed E-state index contributed by atoms with van der Waals surface area (Å²) in [5.74, 6) is 0.291. The molecule has 1 rings (SSSR count). The molecule has 0 aromatic heterocycles. The van der Waals surface area contributed by atoms with Gasteiger partial charge in [-0.05, 0) is 52.7 Å². The fourth-order valence-corrected chi connectivity index (χ4v) is 3.21. The topological polar surface area (TPSA) is 32.3 Å². The minimum absolute atomic E-state index is 0.291. The predicted molar refractivity (Wildman–Crippen MR) is 84.3 cm³/mol. The zero-order valence-corrected chi connectivity index (χ0v) is 13.7. The molecule has 0 spiro atoms.